The molecular formula is C30H23Cl2N7O5. The summed E-state index contributed by atoms with van der Waals surface area (Å²) in [5.41, 5.74) is 0.717. The van der Waals surface area contributed by atoms with E-state index in [1.807, 2.05) is 0 Å². The molecule has 0 amide bonds. The number of nitrogens with zero attached hydrogens (tertiary/aromatic N) is 7. The molecule has 14 heteroatoms. The van der Waals surface area contributed by atoms with Crippen molar-refractivity contribution in [3.8, 4) is 17.5 Å². The van der Waals surface area contributed by atoms with Gasteiger partial charge in [0, 0.05) is 24.1 Å². The molecule has 3 aromatic carbocycles. The predicted octanol–water partition coefficient (Wildman–Crippen LogP) is 4.18. The third kappa shape index (κ3) is 5.14. The van der Waals surface area contributed by atoms with Crippen LogP contribution in [0, 0.1) is 0 Å². The molecule has 3 aromatic heterocycles. The van der Waals surface area contributed by atoms with Crippen LogP contribution in [-0.4, -0.2) is 41.7 Å². The van der Waals surface area contributed by atoms with Crippen molar-refractivity contribution in [1.29, 1.82) is 0 Å². The fraction of sp³-hybridized carbons (Fsp3) is 0.133. The maximum atomic E-state index is 13.3. The van der Waals surface area contributed by atoms with Gasteiger partial charge in [-0.3, -0.25) is 23.3 Å². The van der Waals surface area contributed by atoms with Crippen molar-refractivity contribution in [3.63, 3.8) is 0 Å². The fourth-order valence-electron chi connectivity index (χ4n) is 4.69. The van der Waals surface area contributed by atoms with Gasteiger partial charge >= 0.3 is 11.7 Å². The summed E-state index contributed by atoms with van der Waals surface area (Å²) in [5, 5.41) is 5.56. The monoisotopic (exact) mass is 631 g/mol. The smallest absolute Gasteiger partial charge is 0.332 e. The van der Waals surface area contributed by atoms with Gasteiger partial charge in [-0.1, -0.05) is 41.4 Å². The van der Waals surface area contributed by atoms with E-state index < -0.39 is 11.2 Å². The number of fused-ring (bicyclic) bond motifs is 2. The molecule has 0 aliphatic heterocycles. The van der Waals surface area contributed by atoms with Gasteiger partial charge in [0.15, 0.2) is 22.7 Å². The van der Waals surface area contributed by atoms with E-state index in [0.717, 1.165) is 9.24 Å². The van der Waals surface area contributed by atoms with Gasteiger partial charge < -0.3 is 9.47 Å². The fourth-order valence-corrected chi connectivity index (χ4v) is 5.16. The molecule has 0 aliphatic carbocycles. The highest BCUT2D eigenvalue weighted by Crippen LogP contribution is 2.34. The molecule has 0 unspecified atom stereocenters. The second-order valence-corrected chi connectivity index (χ2v) is 10.6. The molecule has 0 radical (unpaired) electrons. The second kappa shape index (κ2) is 11.5. The van der Waals surface area contributed by atoms with Crippen LogP contribution in [0.25, 0.3) is 22.1 Å². The van der Waals surface area contributed by atoms with E-state index in [-0.39, 0.29) is 35.0 Å². The third-order valence-corrected chi connectivity index (χ3v) is 7.61. The predicted molar refractivity (Wildman–Crippen MR) is 168 cm³/mol. The van der Waals surface area contributed by atoms with Crippen LogP contribution in [-0.2, 0) is 20.6 Å². The summed E-state index contributed by atoms with van der Waals surface area (Å²) >= 11 is 12.5. The number of hydrogen-bond acceptors (Lipinski definition) is 8. The standard InChI is InChI=1S/C30H23Cl2N7O5/c1-36-26-25(28(41)37(2)30(36)42)38(15-18-9-10-19(31)13-21(18)32)29(35-26)44-23-11-8-17(12-24(23)43-3)14-34-39-16-33-22-7-5-4-6-20(22)27(39)40/h4-14,16H,15H2,1-3H3. The Bertz CT molecular complexity index is 2300. The van der Waals surface area contributed by atoms with E-state index in [2.05, 4.69) is 15.1 Å². The van der Waals surface area contributed by atoms with Crippen molar-refractivity contribution in [3.05, 3.63) is 119 Å². The van der Waals surface area contributed by atoms with Crippen LogP contribution in [0.15, 0.2) is 86.5 Å². The average Bonchev–Trinajstić information content (AvgIpc) is 3.38. The highest BCUT2D eigenvalue weighted by molar-refractivity contribution is 6.35. The van der Waals surface area contributed by atoms with E-state index in [4.69, 9.17) is 32.7 Å². The first-order valence-electron chi connectivity index (χ1n) is 13.1. The summed E-state index contributed by atoms with van der Waals surface area (Å²) in [7, 11) is 4.38. The van der Waals surface area contributed by atoms with Gasteiger partial charge in [-0.25, -0.2) is 9.78 Å². The zero-order chi connectivity index (χ0) is 31.1. The number of aryl methyl sites for hydroxylation is 1. The maximum absolute atomic E-state index is 13.3. The molecule has 12 nitrogen and oxygen atoms in total. The van der Waals surface area contributed by atoms with E-state index in [0.29, 0.717) is 37.8 Å². The van der Waals surface area contributed by atoms with E-state index in [9.17, 15) is 14.4 Å². The molecule has 222 valence electrons. The lowest BCUT2D eigenvalue weighted by Gasteiger charge is -2.13. The molecular weight excluding hydrogens is 609 g/mol. The second-order valence-electron chi connectivity index (χ2n) is 9.76. The Labute approximate surface area is 258 Å². The summed E-state index contributed by atoms with van der Waals surface area (Å²) in [5.74, 6) is 0.595. The Kier molecular flexibility index (Phi) is 7.53. The third-order valence-electron chi connectivity index (χ3n) is 7.03. The number of rotatable bonds is 7. The molecule has 0 atom stereocenters. The SMILES string of the molecule is COc1cc(C=Nn2cnc3ccccc3c2=O)ccc1Oc1nc2c(c(=O)n(C)c(=O)n2C)n1Cc1ccc(Cl)cc1Cl. The molecule has 0 fully saturated rings. The first-order chi connectivity index (χ1) is 21.2. The number of imidazole rings is 1. The van der Waals surface area contributed by atoms with Crippen LogP contribution in [0.4, 0.5) is 0 Å². The highest BCUT2D eigenvalue weighted by atomic mass is 35.5. The van der Waals surface area contributed by atoms with Crippen molar-refractivity contribution in [2.24, 2.45) is 19.2 Å². The van der Waals surface area contributed by atoms with Crippen LogP contribution in [0.2, 0.25) is 10.0 Å². The summed E-state index contributed by atoms with van der Waals surface area (Å²) in [6.45, 7) is 0.0941. The number of para-hydroxylation sites is 1. The van der Waals surface area contributed by atoms with Crippen LogP contribution in [0.3, 0.4) is 0 Å². The molecule has 0 aliphatic rings. The Hall–Kier alpha value is -5.20. The molecule has 0 bridgehead atoms. The normalized spacial score (nSPS) is 11.6. The average molecular weight is 632 g/mol. The Morgan fingerprint density at radius 2 is 1.73 bits per heavy atom. The van der Waals surface area contributed by atoms with Crippen molar-refractivity contribution in [2.45, 2.75) is 6.54 Å². The van der Waals surface area contributed by atoms with Crippen molar-refractivity contribution < 1.29 is 9.47 Å². The largest absolute Gasteiger partial charge is 0.493 e. The number of methoxy groups -OCH3 is 1. The Balaban J connectivity index is 1.40. The topological polar surface area (TPSA) is 128 Å². The highest BCUT2D eigenvalue weighted by Gasteiger charge is 2.22. The van der Waals surface area contributed by atoms with Crippen molar-refractivity contribution in [2.75, 3.05) is 7.11 Å². The summed E-state index contributed by atoms with van der Waals surface area (Å²) in [4.78, 5) is 47.5. The number of ether oxygens (including phenoxy) is 2. The molecule has 6 rings (SSSR count). The zero-order valence-corrected chi connectivity index (χ0v) is 25.1. The molecule has 0 saturated heterocycles. The lowest BCUT2D eigenvalue weighted by molar-refractivity contribution is 0.361. The van der Waals surface area contributed by atoms with E-state index >= 15 is 0 Å². The minimum absolute atomic E-state index is 0.0258. The van der Waals surface area contributed by atoms with Crippen LogP contribution >= 0.6 is 23.2 Å². The molecule has 0 saturated carbocycles. The lowest BCUT2D eigenvalue weighted by Crippen LogP contribution is -2.37. The van der Waals surface area contributed by atoms with Gasteiger partial charge in [-0.15, -0.1) is 0 Å². The summed E-state index contributed by atoms with van der Waals surface area (Å²) in [6, 6.07) is 17.1. The van der Waals surface area contributed by atoms with Gasteiger partial charge in [0.25, 0.3) is 11.1 Å². The minimum atomic E-state index is -0.549. The maximum Gasteiger partial charge on any atom is 0.332 e. The van der Waals surface area contributed by atoms with Gasteiger partial charge in [-0.2, -0.15) is 14.8 Å². The number of halogens is 2. The zero-order valence-electron chi connectivity index (χ0n) is 23.6. The van der Waals surface area contributed by atoms with E-state index in [1.165, 1.54) is 38.3 Å². The molecule has 0 spiro atoms. The van der Waals surface area contributed by atoms with Crippen LogP contribution in [0.5, 0.6) is 17.5 Å². The molecule has 0 N–H and O–H groups in total. The first-order valence-corrected chi connectivity index (χ1v) is 13.9. The molecule has 3 heterocycles. The number of hydrogen-bond donors (Lipinski definition) is 0. The Morgan fingerprint density at radius 3 is 2.50 bits per heavy atom. The number of benzene rings is 3. The molecule has 44 heavy (non-hydrogen) atoms. The van der Waals surface area contributed by atoms with E-state index in [1.54, 1.807) is 65.2 Å². The van der Waals surface area contributed by atoms with Crippen LogP contribution < -0.4 is 26.3 Å². The number of aromatic nitrogens is 6. The van der Waals surface area contributed by atoms with Gasteiger partial charge in [0.05, 0.1) is 30.8 Å². The van der Waals surface area contributed by atoms with Gasteiger partial charge in [0.1, 0.15) is 6.33 Å². The Morgan fingerprint density at radius 1 is 0.932 bits per heavy atom. The molecule has 6 aromatic rings. The van der Waals surface area contributed by atoms with Crippen molar-refractivity contribution >= 4 is 51.5 Å². The summed E-state index contributed by atoms with van der Waals surface area (Å²) < 4.78 is 16.7. The minimum Gasteiger partial charge on any atom is -0.493 e. The first kappa shape index (κ1) is 28.9. The summed E-state index contributed by atoms with van der Waals surface area (Å²) in [6.07, 6.45) is 2.84. The lowest BCUT2D eigenvalue weighted by atomic mass is 10.2. The van der Waals surface area contributed by atoms with Gasteiger partial charge in [-0.05, 0) is 53.6 Å². The van der Waals surface area contributed by atoms with Crippen LogP contribution in [0.1, 0.15) is 11.1 Å². The van der Waals surface area contributed by atoms with Crippen molar-refractivity contribution in [1.82, 2.24) is 28.3 Å². The van der Waals surface area contributed by atoms with Gasteiger partial charge in [0.2, 0.25) is 0 Å². The quantitative estimate of drug-likeness (QED) is 0.242.